The van der Waals surface area contributed by atoms with Gasteiger partial charge in [-0.15, -0.1) is 0 Å². The first kappa shape index (κ1) is 16.4. The van der Waals surface area contributed by atoms with Crippen LogP contribution in [0.25, 0.3) is 0 Å². The summed E-state index contributed by atoms with van der Waals surface area (Å²) >= 11 is 0. The number of carbonyl (C=O) groups excluding carboxylic acids is 1. The van der Waals surface area contributed by atoms with Crippen LogP contribution in [-0.2, 0) is 4.74 Å². The largest absolute Gasteiger partial charge is 0.494 e. The fraction of sp³-hybridized carbons (Fsp3) is 0.222. The topological polar surface area (TPSA) is 68.6 Å². The van der Waals surface area contributed by atoms with Gasteiger partial charge in [-0.2, -0.15) is 5.26 Å². The summed E-state index contributed by atoms with van der Waals surface area (Å²) in [7, 11) is 0. The molecule has 0 unspecified atom stereocenters. The lowest BCUT2D eigenvalue weighted by atomic mass is 10.2. The molecular weight excluding hydrogens is 294 g/mol. The second-order valence-electron chi connectivity index (χ2n) is 4.58. The lowest BCUT2D eigenvalue weighted by Crippen LogP contribution is -2.12. The second kappa shape index (κ2) is 8.44. The van der Waals surface area contributed by atoms with Crippen molar-refractivity contribution in [3.63, 3.8) is 0 Å². The molecule has 0 fully saturated rings. The smallest absolute Gasteiger partial charge is 0.338 e. The first-order valence-electron chi connectivity index (χ1n) is 7.26. The van der Waals surface area contributed by atoms with Crippen molar-refractivity contribution in [2.24, 2.45) is 0 Å². The summed E-state index contributed by atoms with van der Waals surface area (Å²) in [5, 5.41) is 8.70. The number of nitrogens with zero attached hydrogens (tertiary/aromatic N) is 1. The molecule has 0 atom stereocenters. The Hall–Kier alpha value is -3.00. The number of rotatable bonds is 7. The maximum Gasteiger partial charge on any atom is 0.338 e. The zero-order valence-electron chi connectivity index (χ0n) is 12.8. The molecule has 2 aromatic rings. The summed E-state index contributed by atoms with van der Waals surface area (Å²) in [6.45, 7) is 2.87. The van der Waals surface area contributed by atoms with Crippen molar-refractivity contribution >= 4 is 5.97 Å². The Morgan fingerprint density at radius 2 is 1.57 bits per heavy atom. The molecule has 0 heterocycles. The van der Waals surface area contributed by atoms with Crippen LogP contribution in [0.4, 0.5) is 0 Å². The Morgan fingerprint density at radius 1 is 0.957 bits per heavy atom. The van der Waals surface area contributed by atoms with Crippen LogP contribution in [-0.4, -0.2) is 25.8 Å². The summed E-state index contributed by atoms with van der Waals surface area (Å²) in [6, 6.07) is 15.6. The maximum atomic E-state index is 11.9. The number of benzene rings is 2. The summed E-state index contributed by atoms with van der Waals surface area (Å²) < 4.78 is 15.9. The molecule has 2 aromatic carbocycles. The molecule has 0 aliphatic carbocycles. The molecule has 0 aliphatic heterocycles. The summed E-state index contributed by atoms with van der Waals surface area (Å²) in [4.78, 5) is 11.9. The molecule has 0 aliphatic rings. The van der Waals surface area contributed by atoms with Gasteiger partial charge in [-0.1, -0.05) is 0 Å². The third-order valence-electron chi connectivity index (χ3n) is 2.97. The van der Waals surface area contributed by atoms with Gasteiger partial charge in [0.15, 0.2) is 0 Å². The van der Waals surface area contributed by atoms with Crippen LogP contribution in [0.15, 0.2) is 48.5 Å². The number of carbonyl (C=O) groups is 1. The highest BCUT2D eigenvalue weighted by Crippen LogP contribution is 2.13. The van der Waals surface area contributed by atoms with Crippen LogP contribution in [0.1, 0.15) is 22.8 Å². The molecule has 23 heavy (non-hydrogen) atoms. The van der Waals surface area contributed by atoms with Gasteiger partial charge in [-0.3, -0.25) is 0 Å². The van der Waals surface area contributed by atoms with Crippen LogP contribution in [0, 0.1) is 11.3 Å². The van der Waals surface area contributed by atoms with Gasteiger partial charge in [0.25, 0.3) is 0 Å². The number of ether oxygens (including phenoxy) is 3. The van der Waals surface area contributed by atoms with Crippen molar-refractivity contribution in [2.45, 2.75) is 6.92 Å². The quantitative estimate of drug-likeness (QED) is 0.580. The van der Waals surface area contributed by atoms with Gasteiger partial charge in [0.1, 0.15) is 24.7 Å². The molecule has 0 bridgehead atoms. The minimum atomic E-state index is -0.406. The van der Waals surface area contributed by atoms with Gasteiger partial charge in [-0.05, 0) is 55.5 Å². The summed E-state index contributed by atoms with van der Waals surface area (Å²) in [6.07, 6.45) is 0. The number of hydrogen-bond donors (Lipinski definition) is 0. The molecule has 0 amide bonds. The minimum Gasteiger partial charge on any atom is -0.494 e. The Balaban J connectivity index is 1.74. The molecule has 5 nitrogen and oxygen atoms in total. The van der Waals surface area contributed by atoms with E-state index in [1.54, 1.807) is 48.5 Å². The Bertz CT molecular complexity index is 672. The highest BCUT2D eigenvalue weighted by molar-refractivity contribution is 5.89. The van der Waals surface area contributed by atoms with Crippen LogP contribution in [0.5, 0.6) is 11.5 Å². The second-order valence-corrected chi connectivity index (χ2v) is 4.58. The zero-order valence-corrected chi connectivity index (χ0v) is 12.8. The predicted octanol–water partition coefficient (Wildman–Crippen LogP) is 3.19. The van der Waals surface area contributed by atoms with E-state index in [0.717, 1.165) is 0 Å². The first-order chi connectivity index (χ1) is 11.2. The van der Waals surface area contributed by atoms with Crippen molar-refractivity contribution in [1.82, 2.24) is 0 Å². The lowest BCUT2D eigenvalue weighted by molar-refractivity contribution is 0.0450. The molecular formula is C18H17NO4. The van der Waals surface area contributed by atoms with E-state index in [9.17, 15) is 4.79 Å². The molecule has 0 radical (unpaired) electrons. The molecule has 2 rings (SSSR count). The number of nitriles is 1. The SMILES string of the molecule is CCOc1ccc(C(=O)OCCOc2ccc(C#N)cc2)cc1. The van der Waals surface area contributed by atoms with E-state index in [1.807, 2.05) is 13.0 Å². The van der Waals surface area contributed by atoms with E-state index in [0.29, 0.717) is 29.2 Å². The molecule has 0 N–H and O–H groups in total. The average molecular weight is 311 g/mol. The van der Waals surface area contributed by atoms with E-state index in [-0.39, 0.29) is 13.2 Å². The molecule has 0 saturated heterocycles. The summed E-state index contributed by atoms with van der Waals surface area (Å²) in [5.41, 5.74) is 1.03. The van der Waals surface area contributed by atoms with Crippen molar-refractivity contribution in [2.75, 3.05) is 19.8 Å². The van der Waals surface area contributed by atoms with Crippen LogP contribution in [0.3, 0.4) is 0 Å². The van der Waals surface area contributed by atoms with Gasteiger partial charge in [0.2, 0.25) is 0 Å². The van der Waals surface area contributed by atoms with Gasteiger partial charge < -0.3 is 14.2 Å². The summed E-state index contributed by atoms with van der Waals surface area (Å²) in [5.74, 6) is 0.936. The first-order valence-corrected chi connectivity index (χ1v) is 7.26. The van der Waals surface area contributed by atoms with Gasteiger partial charge >= 0.3 is 5.97 Å². The Labute approximate surface area is 135 Å². The van der Waals surface area contributed by atoms with E-state index >= 15 is 0 Å². The normalized spacial score (nSPS) is 9.74. The third-order valence-corrected chi connectivity index (χ3v) is 2.97. The molecule has 0 spiro atoms. The standard InChI is InChI=1S/C18H17NO4/c1-2-21-16-9-5-15(6-10-16)18(20)23-12-11-22-17-7-3-14(13-19)4-8-17/h3-10H,2,11-12H2,1H3. The van der Waals surface area contributed by atoms with Crippen molar-refractivity contribution in [3.05, 3.63) is 59.7 Å². The van der Waals surface area contributed by atoms with Crippen LogP contribution < -0.4 is 9.47 Å². The average Bonchev–Trinajstić information content (AvgIpc) is 2.60. The highest BCUT2D eigenvalue weighted by Gasteiger charge is 2.07. The van der Waals surface area contributed by atoms with Crippen molar-refractivity contribution in [3.8, 4) is 17.6 Å². The molecule has 0 saturated carbocycles. The number of hydrogen-bond acceptors (Lipinski definition) is 5. The van der Waals surface area contributed by atoms with E-state index in [4.69, 9.17) is 19.5 Å². The Morgan fingerprint density at radius 3 is 2.17 bits per heavy atom. The molecule has 118 valence electrons. The minimum absolute atomic E-state index is 0.145. The van der Waals surface area contributed by atoms with Crippen molar-refractivity contribution < 1.29 is 19.0 Å². The van der Waals surface area contributed by atoms with Gasteiger partial charge in [0, 0.05) is 0 Å². The lowest BCUT2D eigenvalue weighted by Gasteiger charge is -2.08. The number of esters is 1. The zero-order chi connectivity index (χ0) is 16.5. The Kier molecular flexibility index (Phi) is 6.01. The van der Waals surface area contributed by atoms with Gasteiger partial charge in [0.05, 0.1) is 23.8 Å². The fourth-order valence-electron chi connectivity index (χ4n) is 1.86. The fourth-order valence-corrected chi connectivity index (χ4v) is 1.86. The molecule has 5 heteroatoms. The van der Waals surface area contributed by atoms with Crippen LogP contribution in [0.2, 0.25) is 0 Å². The monoisotopic (exact) mass is 311 g/mol. The van der Waals surface area contributed by atoms with Crippen molar-refractivity contribution in [1.29, 1.82) is 5.26 Å². The predicted molar refractivity (Wildman–Crippen MR) is 84.5 cm³/mol. The highest BCUT2D eigenvalue weighted by atomic mass is 16.6. The molecule has 0 aromatic heterocycles. The van der Waals surface area contributed by atoms with Crippen LogP contribution >= 0.6 is 0 Å². The van der Waals surface area contributed by atoms with Gasteiger partial charge in [-0.25, -0.2) is 4.79 Å². The third kappa shape index (κ3) is 5.04. The van der Waals surface area contributed by atoms with E-state index < -0.39 is 5.97 Å². The maximum absolute atomic E-state index is 11.9. The van der Waals surface area contributed by atoms with E-state index in [2.05, 4.69) is 0 Å². The van der Waals surface area contributed by atoms with E-state index in [1.165, 1.54) is 0 Å².